The number of benzene rings is 1. The Labute approximate surface area is 122 Å². The summed E-state index contributed by atoms with van der Waals surface area (Å²) in [5.74, 6) is 0.0786. The Bertz CT molecular complexity index is 699. The van der Waals surface area contributed by atoms with Crippen molar-refractivity contribution in [3.63, 3.8) is 0 Å². The van der Waals surface area contributed by atoms with Gasteiger partial charge in [0.1, 0.15) is 5.52 Å². The van der Waals surface area contributed by atoms with Gasteiger partial charge in [0.2, 0.25) is 0 Å². The number of hydrogen-bond acceptors (Lipinski definition) is 5. The molecule has 0 saturated heterocycles. The molecular formula is C9H9Cl2N2O4PS. The van der Waals surface area contributed by atoms with Crippen LogP contribution in [0.4, 0.5) is 5.13 Å². The summed E-state index contributed by atoms with van der Waals surface area (Å²) in [5.41, 5.74) is 6.45. The molecule has 0 aliphatic carbocycles. The molecule has 6 nitrogen and oxygen atoms in total. The Balaban J connectivity index is 2.62. The zero-order valence-electron chi connectivity index (χ0n) is 9.55. The fourth-order valence-corrected chi connectivity index (χ4v) is 3.17. The molecule has 0 atom stereocenters. The molecule has 0 fully saturated rings. The van der Waals surface area contributed by atoms with Gasteiger partial charge in [0.05, 0.1) is 14.7 Å². The maximum absolute atomic E-state index is 10.9. The SMILES string of the molecule is Cc1c(Cl)c(OCP(=O)(O)O)c2nc(N)sc2c1Cl. The van der Waals surface area contributed by atoms with Gasteiger partial charge in [-0.25, -0.2) is 4.98 Å². The van der Waals surface area contributed by atoms with Gasteiger partial charge in [0.15, 0.2) is 17.2 Å². The summed E-state index contributed by atoms with van der Waals surface area (Å²) in [4.78, 5) is 21.7. The lowest BCUT2D eigenvalue weighted by Gasteiger charge is -2.12. The van der Waals surface area contributed by atoms with E-state index in [2.05, 4.69) is 4.98 Å². The number of nitrogen functional groups attached to an aromatic ring is 1. The number of anilines is 1. The summed E-state index contributed by atoms with van der Waals surface area (Å²) in [7, 11) is -4.32. The Morgan fingerprint density at radius 3 is 2.63 bits per heavy atom. The predicted molar refractivity (Wildman–Crippen MR) is 76.3 cm³/mol. The van der Waals surface area contributed by atoms with Crippen LogP contribution in [0, 0.1) is 6.92 Å². The van der Waals surface area contributed by atoms with Crippen molar-refractivity contribution in [3.05, 3.63) is 15.6 Å². The molecule has 2 rings (SSSR count). The first-order chi connectivity index (χ1) is 8.70. The van der Waals surface area contributed by atoms with E-state index in [1.807, 2.05) is 0 Å². The summed E-state index contributed by atoms with van der Waals surface area (Å²) in [5, 5.41) is 0.827. The van der Waals surface area contributed by atoms with E-state index in [-0.39, 0.29) is 15.9 Å². The van der Waals surface area contributed by atoms with Crippen molar-refractivity contribution < 1.29 is 19.1 Å². The number of thiazole rings is 1. The van der Waals surface area contributed by atoms with Crippen molar-refractivity contribution in [3.8, 4) is 5.75 Å². The molecule has 4 N–H and O–H groups in total. The summed E-state index contributed by atoms with van der Waals surface area (Å²) in [6, 6.07) is 0. The molecule has 0 aliphatic rings. The van der Waals surface area contributed by atoms with Crippen molar-refractivity contribution in [1.29, 1.82) is 0 Å². The molecule has 10 heteroatoms. The van der Waals surface area contributed by atoms with Gasteiger partial charge in [0.25, 0.3) is 0 Å². The van der Waals surface area contributed by atoms with E-state index in [1.165, 1.54) is 0 Å². The maximum Gasteiger partial charge on any atom is 0.362 e. The summed E-state index contributed by atoms with van der Waals surface area (Å²) in [6.45, 7) is 1.67. The van der Waals surface area contributed by atoms with Crippen LogP contribution in [-0.4, -0.2) is 21.1 Å². The molecule has 0 radical (unpaired) electrons. The monoisotopic (exact) mass is 342 g/mol. The second kappa shape index (κ2) is 5.09. The van der Waals surface area contributed by atoms with Gasteiger partial charge < -0.3 is 20.3 Å². The number of nitrogens with zero attached hydrogens (tertiary/aromatic N) is 1. The van der Waals surface area contributed by atoms with Crippen molar-refractivity contribution in [1.82, 2.24) is 4.98 Å². The van der Waals surface area contributed by atoms with E-state index in [0.29, 0.717) is 20.8 Å². The summed E-state index contributed by atoms with van der Waals surface area (Å²) >= 11 is 13.4. The third kappa shape index (κ3) is 2.97. The van der Waals surface area contributed by atoms with Crippen LogP contribution >= 0.6 is 42.1 Å². The third-order valence-electron chi connectivity index (χ3n) is 2.29. The van der Waals surface area contributed by atoms with Crippen LogP contribution in [-0.2, 0) is 4.57 Å². The molecule has 0 bridgehead atoms. The van der Waals surface area contributed by atoms with Crippen LogP contribution in [0.15, 0.2) is 0 Å². The second-order valence-corrected chi connectivity index (χ2v) is 7.12. The predicted octanol–water partition coefficient (Wildman–Crippen LogP) is 3.01. The van der Waals surface area contributed by atoms with E-state index < -0.39 is 13.9 Å². The fraction of sp³-hybridized carbons (Fsp3) is 0.222. The minimum atomic E-state index is -4.32. The highest BCUT2D eigenvalue weighted by Crippen LogP contribution is 2.46. The van der Waals surface area contributed by atoms with Gasteiger partial charge in [-0.15, -0.1) is 0 Å². The van der Waals surface area contributed by atoms with Crippen molar-refractivity contribution >= 4 is 57.5 Å². The number of ether oxygens (including phenoxy) is 1. The smallest absolute Gasteiger partial charge is 0.362 e. The van der Waals surface area contributed by atoms with Gasteiger partial charge >= 0.3 is 7.60 Å². The van der Waals surface area contributed by atoms with Crippen LogP contribution in [0.25, 0.3) is 10.2 Å². The number of hydrogen-bond donors (Lipinski definition) is 3. The number of fused-ring (bicyclic) bond motifs is 1. The lowest BCUT2D eigenvalue weighted by Crippen LogP contribution is -2.00. The Kier molecular flexibility index (Phi) is 3.97. The molecule has 1 heterocycles. The van der Waals surface area contributed by atoms with Crippen molar-refractivity contribution in [2.75, 3.05) is 12.1 Å². The first-order valence-corrected chi connectivity index (χ1v) is 8.28. The van der Waals surface area contributed by atoms with E-state index >= 15 is 0 Å². The normalized spacial score (nSPS) is 12.1. The van der Waals surface area contributed by atoms with Crippen LogP contribution < -0.4 is 10.5 Å². The van der Waals surface area contributed by atoms with Gasteiger partial charge in [-0.2, -0.15) is 0 Å². The molecule has 0 saturated carbocycles. The van der Waals surface area contributed by atoms with Gasteiger partial charge in [-0.3, -0.25) is 4.57 Å². The number of nitrogens with two attached hydrogens (primary N) is 1. The zero-order chi connectivity index (χ0) is 14.4. The Hall–Kier alpha value is -0.560. The third-order valence-corrected chi connectivity index (χ3v) is 4.70. The highest BCUT2D eigenvalue weighted by molar-refractivity contribution is 7.51. The average Bonchev–Trinajstić information content (AvgIpc) is 2.66. The Morgan fingerprint density at radius 1 is 1.42 bits per heavy atom. The van der Waals surface area contributed by atoms with E-state index in [9.17, 15) is 4.57 Å². The van der Waals surface area contributed by atoms with E-state index in [4.69, 9.17) is 43.5 Å². The summed E-state index contributed by atoms with van der Waals surface area (Å²) < 4.78 is 16.5. The molecular weight excluding hydrogens is 334 g/mol. The standard InChI is InChI=1S/C9H9Cl2N2O4PS/c1-3-4(10)7(17-2-18(14,15)16)6-8(5(3)11)19-9(12)13-6/h2H2,1H3,(H2,12,13)(H2,14,15,16). The molecule has 2 aromatic rings. The number of halogens is 2. The minimum Gasteiger partial charge on any atom is -0.477 e. The van der Waals surface area contributed by atoms with Crippen molar-refractivity contribution in [2.45, 2.75) is 6.92 Å². The first kappa shape index (κ1) is 14.8. The number of aromatic nitrogens is 1. The molecule has 19 heavy (non-hydrogen) atoms. The van der Waals surface area contributed by atoms with E-state index in [1.54, 1.807) is 6.92 Å². The van der Waals surface area contributed by atoms with Crippen LogP contribution in [0.2, 0.25) is 10.0 Å². The highest BCUT2D eigenvalue weighted by Gasteiger charge is 2.22. The molecule has 1 aromatic heterocycles. The molecule has 0 aliphatic heterocycles. The second-order valence-electron chi connectivity index (χ2n) is 3.75. The lowest BCUT2D eigenvalue weighted by atomic mass is 10.2. The first-order valence-electron chi connectivity index (χ1n) is 4.91. The summed E-state index contributed by atoms with van der Waals surface area (Å²) in [6.07, 6.45) is -0.791. The molecule has 0 unspecified atom stereocenters. The molecule has 1 aromatic carbocycles. The highest BCUT2D eigenvalue weighted by atomic mass is 35.5. The molecule has 0 spiro atoms. The topological polar surface area (TPSA) is 106 Å². The largest absolute Gasteiger partial charge is 0.477 e. The van der Waals surface area contributed by atoms with Gasteiger partial charge in [-0.05, 0) is 12.5 Å². The quantitative estimate of drug-likeness (QED) is 0.740. The maximum atomic E-state index is 10.9. The van der Waals surface area contributed by atoms with Crippen LogP contribution in [0.5, 0.6) is 5.75 Å². The zero-order valence-corrected chi connectivity index (χ0v) is 12.8. The molecule has 104 valence electrons. The molecule has 0 amide bonds. The average molecular weight is 343 g/mol. The lowest BCUT2D eigenvalue weighted by molar-refractivity contribution is 0.302. The van der Waals surface area contributed by atoms with Crippen LogP contribution in [0.3, 0.4) is 0 Å². The van der Waals surface area contributed by atoms with Crippen LogP contribution in [0.1, 0.15) is 5.56 Å². The van der Waals surface area contributed by atoms with E-state index in [0.717, 1.165) is 11.3 Å². The van der Waals surface area contributed by atoms with Gasteiger partial charge in [-0.1, -0.05) is 34.5 Å². The Morgan fingerprint density at radius 2 is 2.05 bits per heavy atom. The minimum absolute atomic E-state index is 0.0786. The van der Waals surface area contributed by atoms with Crippen molar-refractivity contribution in [2.24, 2.45) is 0 Å². The number of rotatable bonds is 3. The van der Waals surface area contributed by atoms with Gasteiger partial charge in [0, 0.05) is 0 Å². The fourth-order valence-electron chi connectivity index (χ4n) is 1.46.